The number of hydrogen-bond donors (Lipinski definition) is 1. The van der Waals surface area contributed by atoms with Gasteiger partial charge in [0.15, 0.2) is 0 Å². The monoisotopic (exact) mass is 696 g/mol. The Kier molecular flexibility index (Phi) is 20.8. The second kappa shape index (κ2) is 21.5. The topological polar surface area (TPSA) is 157 Å². The number of nitro benzene ring substituents is 1. The van der Waals surface area contributed by atoms with Crippen molar-refractivity contribution in [2.24, 2.45) is 0 Å². The summed E-state index contributed by atoms with van der Waals surface area (Å²) >= 11 is -0.826. The third-order valence-electron chi connectivity index (χ3n) is 6.56. The quantitative estimate of drug-likeness (QED) is 0.201. The van der Waals surface area contributed by atoms with Crippen LogP contribution in [-0.2, 0) is 22.6 Å². The van der Waals surface area contributed by atoms with Crippen LogP contribution in [0, 0.1) is 10.1 Å². The van der Waals surface area contributed by atoms with E-state index < -0.39 is 18.9 Å². The Hall–Kier alpha value is -1.22. The van der Waals surface area contributed by atoms with Gasteiger partial charge >= 0.3 is 36.7 Å². The van der Waals surface area contributed by atoms with E-state index in [4.69, 9.17) is 33.0 Å². The van der Waals surface area contributed by atoms with Crippen molar-refractivity contribution < 1.29 is 25.3 Å². The molecule has 2 radical (unpaired) electrons. The fourth-order valence-electron chi connectivity index (χ4n) is 4.55. The maximum absolute atomic E-state index is 10.7. The summed E-state index contributed by atoms with van der Waals surface area (Å²) in [4.78, 5) is 15.0. The van der Waals surface area contributed by atoms with E-state index in [0.29, 0.717) is 12.1 Å². The van der Waals surface area contributed by atoms with E-state index in [-0.39, 0.29) is 21.6 Å². The van der Waals surface area contributed by atoms with Crippen molar-refractivity contribution >= 4 is 48.1 Å². The number of ether oxygens (including phenoxy) is 2. The van der Waals surface area contributed by atoms with Crippen molar-refractivity contribution in [2.75, 3.05) is 46.3 Å². The van der Waals surface area contributed by atoms with E-state index in [1.165, 1.54) is 11.6 Å². The van der Waals surface area contributed by atoms with Crippen LogP contribution in [0.5, 0.6) is 0 Å². The van der Waals surface area contributed by atoms with Crippen molar-refractivity contribution in [3.8, 4) is 0 Å². The number of nitro groups is 1. The molecule has 13 heteroatoms. The molecular weight excluding hydrogens is 654 g/mol. The van der Waals surface area contributed by atoms with E-state index in [1.54, 1.807) is 12.1 Å². The Labute approximate surface area is 249 Å². The van der Waals surface area contributed by atoms with E-state index in [0.717, 1.165) is 76.5 Å². The summed E-state index contributed by atoms with van der Waals surface area (Å²) in [5.74, 6) is 0. The number of benzene rings is 2. The minimum atomic E-state index is -0.826. The average Bonchev–Trinajstić information content (AvgIpc) is 2.91. The fraction of sp³-hybridized carbons (Fsp3) is 0.538. The predicted octanol–water partition coefficient (Wildman–Crippen LogP) is 3.43. The molecule has 0 bridgehead atoms. The van der Waals surface area contributed by atoms with Gasteiger partial charge in [0.1, 0.15) is 0 Å². The molecule has 0 unspecified atom stereocenters. The zero-order chi connectivity index (χ0) is 27.0. The third-order valence-corrected chi connectivity index (χ3v) is 6.56. The molecule has 2 aromatic rings. The SMILES string of the molecule is CN(Cc1cccc(N)c1)C1CCOCC1.CN(Cc1cccc([N+](=O)[O-])c1)C1CCOCC1.O.O.[Cl][Sn][Cl]. The van der Waals surface area contributed by atoms with Crippen LogP contribution in [0.25, 0.3) is 0 Å². The summed E-state index contributed by atoms with van der Waals surface area (Å²) in [7, 11) is 14.1. The summed E-state index contributed by atoms with van der Waals surface area (Å²) in [5, 5.41) is 10.7. The normalized spacial score (nSPS) is 15.6. The first-order valence-electron chi connectivity index (χ1n) is 12.4. The first-order valence-corrected chi connectivity index (χ1v) is 19.7. The van der Waals surface area contributed by atoms with Gasteiger partial charge in [0.05, 0.1) is 4.92 Å². The van der Waals surface area contributed by atoms with Crippen LogP contribution in [0.1, 0.15) is 36.8 Å². The zero-order valence-electron chi connectivity index (χ0n) is 22.7. The Bertz CT molecular complexity index is 937. The number of anilines is 1. The molecule has 220 valence electrons. The molecule has 0 amide bonds. The number of halogens is 2. The molecule has 0 atom stereocenters. The number of nitrogens with zero attached hydrogens (tertiary/aromatic N) is 3. The molecule has 2 aromatic carbocycles. The predicted molar refractivity (Wildman–Crippen MR) is 159 cm³/mol. The second-order valence-electron chi connectivity index (χ2n) is 9.26. The minimum absolute atomic E-state index is 0. The van der Waals surface area contributed by atoms with E-state index in [2.05, 4.69) is 36.0 Å². The molecule has 2 saturated heterocycles. The molecule has 2 aliphatic heterocycles. The van der Waals surface area contributed by atoms with Gasteiger partial charge in [-0.25, -0.2) is 0 Å². The van der Waals surface area contributed by atoms with Crippen LogP contribution in [-0.4, -0.2) is 97.2 Å². The number of nitrogens with two attached hydrogens (primary N) is 1. The number of non-ortho nitro benzene ring substituents is 1. The van der Waals surface area contributed by atoms with E-state index in [9.17, 15) is 10.1 Å². The second-order valence-corrected chi connectivity index (χ2v) is 13.5. The molecule has 0 aliphatic carbocycles. The van der Waals surface area contributed by atoms with Gasteiger partial charge in [-0.05, 0) is 63.0 Å². The third kappa shape index (κ3) is 14.8. The Morgan fingerprint density at radius 1 is 0.872 bits per heavy atom. The van der Waals surface area contributed by atoms with Crippen LogP contribution in [0.15, 0.2) is 48.5 Å². The molecular formula is C26H42Cl2N4O6Sn. The van der Waals surface area contributed by atoms with Crippen molar-refractivity contribution in [2.45, 2.75) is 50.9 Å². The molecule has 0 saturated carbocycles. The van der Waals surface area contributed by atoms with Gasteiger partial charge in [-0.3, -0.25) is 19.9 Å². The van der Waals surface area contributed by atoms with Gasteiger partial charge in [0.2, 0.25) is 0 Å². The molecule has 2 heterocycles. The summed E-state index contributed by atoms with van der Waals surface area (Å²) in [6.07, 6.45) is 4.34. The average molecular weight is 696 g/mol. The van der Waals surface area contributed by atoms with Crippen molar-refractivity contribution in [1.82, 2.24) is 9.80 Å². The van der Waals surface area contributed by atoms with Gasteiger partial charge < -0.3 is 26.2 Å². The summed E-state index contributed by atoms with van der Waals surface area (Å²) in [5.41, 5.74) is 9.05. The number of nitrogen functional groups attached to an aromatic ring is 1. The Morgan fingerprint density at radius 3 is 1.69 bits per heavy atom. The molecule has 6 N–H and O–H groups in total. The fourth-order valence-corrected chi connectivity index (χ4v) is 4.55. The van der Waals surface area contributed by atoms with Gasteiger partial charge in [0.25, 0.3) is 5.69 Å². The van der Waals surface area contributed by atoms with Crippen LogP contribution < -0.4 is 5.73 Å². The van der Waals surface area contributed by atoms with Crippen molar-refractivity contribution in [3.05, 3.63) is 69.8 Å². The number of rotatable bonds is 7. The summed E-state index contributed by atoms with van der Waals surface area (Å²) in [6, 6.07) is 16.1. The van der Waals surface area contributed by atoms with Gasteiger partial charge in [-0.2, -0.15) is 0 Å². The van der Waals surface area contributed by atoms with Gasteiger partial charge in [0, 0.05) is 69.4 Å². The Morgan fingerprint density at radius 2 is 1.28 bits per heavy atom. The van der Waals surface area contributed by atoms with Crippen LogP contribution in [0.2, 0.25) is 0 Å². The Balaban J connectivity index is 0.000000646. The van der Waals surface area contributed by atoms with Crippen LogP contribution >= 0.6 is 17.8 Å². The molecule has 0 spiro atoms. The van der Waals surface area contributed by atoms with Gasteiger partial charge in [-0.1, -0.05) is 24.3 Å². The van der Waals surface area contributed by atoms with E-state index in [1.807, 2.05) is 18.2 Å². The van der Waals surface area contributed by atoms with E-state index >= 15 is 0 Å². The van der Waals surface area contributed by atoms with Crippen molar-refractivity contribution in [3.63, 3.8) is 0 Å². The standard InChI is InChI=1S/C13H18N2O3.C13H20N2O.2ClH.2H2O.Sn/c1-14(12-5-7-18-8-6-12)10-11-3-2-4-13(9-11)15(16)17;1-15(13-5-7-16-8-6-13)10-11-3-2-4-12(14)9-11;;;;;/h2-4,9,12H,5-8,10H2,1H3;2-4,9,13H,5-8,10,14H2,1H3;2*1H;2*1H2;/q;;;;;;+2/p-2. The molecule has 39 heavy (non-hydrogen) atoms. The number of hydrogen-bond acceptors (Lipinski definition) is 7. The first-order chi connectivity index (χ1) is 17.8. The van der Waals surface area contributed by atoms with Crippen LogP contribution in [0.4, 0.5) is 11.4 Å². The summed E-state index contributed by atoms with van der Waals surface area (Å²) < 4.78 is 10.7. The zero-order valence-corrected chi connectivity index (χ0v) is 27.0. The molecule has 4 rings (SSSR count). The van der Waals surface area contributed by atoms with Crippen molar-refractivity contribution in [1.29, 1.82) is 0 Å². The van der Waals surface area contributed by atoms with Gasteiger partial charge in [-0.15, -0.1) is 0 Å². The molecule has 2 fully saturated rings. The van der Waals surface area contributed by atoms with Crippen LogP contribution in [0.3, 0.4) is 0 Å². The molecule has 0 aromatic heterocycles. The molecule has 2 aliphatic rings. The summed E-state index contributed by atoms with van der Waals surface area (Å²) in [6.45, 7) is 5.12. The maximum atomic E-state index is 10.7. The molecule has 10 nitrogen and oxygen atoms in total. The first kappa shape index (κ1) is 37.8.